The minimum Gasteiger partial charge on any atom is -0.483 e. The van der Waals surface area contributed by atoms with Gasteiger partial charge in [-0.1, -0.05) is 0 Å². The van der Waals surface area contributed by atoms with Crippen molar-refractivity contribution in [3.63, 3.8) is 0 Å². The molecule has 0 aliphatic heterocycles. The third-order valence-electron chi connectivity index (χ3n) is 2.01. The number of nitriles is 1. The second kappa shape index (κ2) is 5.51. The van der Waals surface area contributed by atoms with Crippen molar-refractivity contribution in [2.45, 2.75) is 0 Å². The number of nitrogens with one attached hydrogen (secondary N) is 1. The molecule has 0 fully saturated rings. The van der Waals surface area contributed by atoms with E-state index in [1.54, 1.807) is 0 Å². The lowest BCUT2D eigenvalue weighted by Crippen LogP contribution is -2.25. The lowest BCUT2D eigenvalue weighted by atomic mass is 10.1. The fourth-order valence-electron chi connectivity index (χ4n) is 1.13. The van der Waals surface area contributed by atoms with Crippen molar-refractivity contribution < 1.29 is 14.3 Å². The van der Waals surface area contributed by atoms with E-state index >= 15 is 0 Å². The van der Waals surface area contributed by atoms with Gasteiger partial charge in [0.25, 0.3) is 11.8 Å². The Morgan fingerprint density at radius 1 is 1.53 bits per heavy atom. The molecule has 0 aliphatic rings. The Balaban J connectivity index is 2.98. The molecule has 2 amide bonds. The van der Waals surface area contributed by atoms with Gasteiger partial charge < -0.3 is 15.8 Å². The van der Waals surface area contributed by atoms with E-state index in [4.69, 9.17) is 15.7 Å². The van der Waals surface area contributed by atoms with Gasteiger partial charge in [-0.3, -0.25) is 9.59 Å². The third-order valence-corrected chi connectivity index (χ3v) is 2.01. The standard InChI is InChI=1S/C11H11N3O3/c1-14-10(15)6-17-9-4-7(5-12)2-3-8(9)11(13)16/h2-4H,6H2,1H3,(H2,13,16)(H,14,15). The van der Waals surface area contributed by atoms with Gasteiger partial charge in [0.05, 0.1) is 17.2 Å². The van der Waals surface area contributed by atoms with Crippen LogP contribution < -0.4 is 15.8 Å². The second-order valence-corrected chi connectivity index (χ2v) is 3.15. The predicted molar refractivity (Wildman–Crippen MR) is 59.2 cm³/mol. The average molecular weight is 233 g/mol. The highest BCUT2D eigenvalue weighted by Gasteiger charge is 2.11. The highest BCUT2D eigenvalue weighted by atomic mass is 16.5. The number of likely N-dealkylation sites (N-methyl/N-ethyl adjacent to an activating group) is 1. The maximum Gasteiger partial charge on any atom is 0.257 e. The molecule has 1 aromatic carbocycles. The highest BCUT2D eigenvalue weighted by molar-refractivity contribution is 5.96. The molecular weight excluding hydrogens is 222 g/mol. The summed E-state index contributed by atoms with van der Waals surface area (Å²) in [5.41, 5.74) is 5.60. The quantitative estimate of drug-likeness (QED) is 0.750. The van der Waals surface area contributed by atoms with Gasteiger partial charge in [0.15, 0.2) is 6.61 Å². The number of nitrogens with zero attached hydrogens (tertiary/aromatic N) is 1. The van der Waals surface area contributed by atoms with Crippen molar-refractivity contribution in [2.75, 3.05) is 13.7 Å². The van der Waals surface area contributed by atoms with E-state index in [1.807, 2.05) is 6.07 Å². The molecule has 3 N–H and O–H groups in total. The van der Waals surface area contributed by atoms with Gasteiger partial charge in [0, 0.05) is 7.05 Å². The molecule has 0 saturated carbocycles. The van der Waals surface area contributed by atoms with Crippen LogP contribution in [0.4, 0.5) is 0 Å². The van der Waals surface area contributed by atoms with Crippen molar-refractivity contribution in [2.24, 2.45) is 5.73 Å². The van der Waals surface area contributed by atoms with Crippen molar-refractivity contribution in [3.8, 4) is 11.8 Å². The first-order valence-corrected chi connectivity index (χ1v) is 4.75. The van der Waals surface area contributed by atoms with Crippen molar-refractivity contribution >= 4 is 11.8 Å². The predicted octanol–water partition coefficient (Wildman–Crippen LogP) is -0.218. The number of amides is 2. The fraction of sp³-hybridized carbons (Fsp3) is 0.182. The number of benzene rings is 1. The van der Waals surface area contributed by atoms with Crippen LogP contribution in [-0.4, -0.2) is 25.5 Å². The Kier molecular flexibility index (Phi) is 4.06. The van der Waals surface area contributed by atoms with E-state index in [0.717, 1.165) is 0 Å². The molecule has 88 valence electrons. The number of hydrogen-bond acceptors (Lipinski definition) is 4. The lowest BCUT2D eigenvalue weighted by Gasteiger charge is -2.08. The number of primary amides is 1. The van der Waals surface area contributed by atoms with E-state index < -0.39 is 5.91 Å². The SMILES string of the molecule is CNC(=O)COc1cc(C#N)ccc1C(N)=O. The molecule has 0 atom stereocenters. The number of carbonyl (C=O) groups is 2. The van der Waals surface area contributed by atoms with Crippen LogP contribution in [0.5, 0.6) is 5.75 Å². The zero-order valence-corrected chi connectivity index (χ0v) is 9.19. The Morgan fingerprint density at radius 3 is 2.76 bits per heavy atom. The molecule has 0 bridgehead atoms. The van der Waals surface area contributed by atoms with Gasteiger partial charge in [-0.15, -0.1) is 0 Å². The number of ether oxygens (including phenoxy) is 1. The number of nitrogens with two attached hydrogens (primary N) is 1. The Labute approximate surface area is 98.0 Å². The van der Waals surface area contributed by atoms with Gasteiger partial charge in [-0.25, -0.2) is 0 Å². The summed E-state index contributed by atoms with van der Waals surface area (Å²) in [4.78, 5) is 22.1. The topological polar surface area (TPSA) is 105 Å². The Morgan fingerprint density at radius 2 is 2.24 bits per heavy atom. The van der Waals surface area contributed by atoms with Gasteiger partial charge in [-0.05, 0) is 18.2 Å². The molecule has 0 radical (unpaired) electrons. The fourth-order valence-corrected chi connectivity index (χ4v) is 1.13. The normalized spacial score (nSPS) is 9.18. The summed E-state index contributed by atoms with van der Waals surface area (Å²) >= 11 is 0. The van der Waals surface area contributed by atoms with Gasteiger partial charge >= 0.3 is 0 Å². The molecule has 0 heterocycles. The Hall–Kier alpha value is -2.55. The molecule has 0 aliphatic carbocycles. The largest absolute Gasteiger partial charge is 0.483 e. The number of rotatable bonds is 4. The number of carbonyl (C=O) groups excluding carboxylic acids is 2. The molecule has 17 heavy (non-hydrogen) atoms. The van der Waals surface area contributed by atoms with Gasteiger partial charge in [-0.2, -0.15) is 5.26 Å². The van der Waals surface area contributed by atoms with Crippen molar-refractivity contribution in [1.82, 2.24) is 5.32 Å². The summed E-state index contributed by atoms with van der Waals surface area (Å²) in [6.07, 6.45) is 0. The molecular formula is C11H11N3O3. The highest BCUT2D eigenvalue weighted by Crippen LogP contribution is 2.19. The zero-order valence-electron chi connectivity index (χ0n) is 9.19. The zero-order chi connectivity index (χ0) is 12.8. The summed E-state index contributed by atoms with van der Waals surface area (Å²) in [7, 11) is 1.46. The Bertz CT molecular complexity index is 491. The van der Waals surface area contributed by atoms with Crippen LogP contribution in [0.25, 0.3) is 0 Å². The van der Waals surface area contributed by atoms with Crippen LogP contribution in [-0.2, 0) is 4.79 Å². The smallest absolute Gasteiger partial charge is 0.257 e. The first-order chi connectivity index (χ1) is 8.08. The molecule has 6 heteroatoms. The van der Waals surface area contributed by atoms with Crippen LogP contribution >= 0.6 is 0 Å². The van der Waals surface area contributed by atoms with E-state index in [2.05, 4.69) is 5.32 Å². The molecule has 6 nitrogen and oxygen atoms in total. The van der Waals surface area contributed by atoms with E-state index in [1.165, 1.54) is 25.2 Å². The minimum absolute atomic E-state index is 0.125. The first kappa shape index (κ1) is 12.5. The summed E-state index contributed by atoms with van der Waals surface area (Å²) < 4.78 is 5.13. The maximum atomic E-state index is 11.1. The lowest BCUT2D eigenvalue weighted by molar-refractivity contribution is -0.122. The van der Waals surface area contributed by atoms with E-state index in [0.29, 0.717) is 5.56 Å². The van der Waals surface area contributed by atoms with E-state index in [-0.39, 0.29) is 23.8 Å². The van der Waals surface area contributed by atoms with Crippen LogP contribution in [0, 0.1) is 11.3 Å². The van der Waals surface area contributed by atoms with Crippen molar-refractivity contribution in [3.05, 3.63) is 29.3 Å². The summed E-state index contributed by atoms with van der Waals surface area (Å²) in [6, 6.07) is 6.11. The first-order valence-electron chi connectivity index (χ1n) is 4.75. The molecule has 0 aromatic heterocycles. The molecule has 1 rings (SSSR count). The minimum atomic E-state index is -0.679. The van der Waals surface area contributed by atoms with Crippen molar-refractivity contribution in [1.29, 1.82) is 5.26 Å². The van der Waals surface area contributed by atoms with Gasteiger partial charge in [0.1, 0.15) is 5.75 Å². The maximum absolute atomic E-state index is 11.1. The summed E-state index contributed by atoms with van der Waals surface area (Å²) in [6.45, 7) is -0.244. The third kappa shape index (κ3) is 3.21. The second-order valence-electron chi connectivity index (χ2n) is 3.15. The van der Waals surface area contributed by atoms with Gasteiger partial charge in [0.2, 0.25) is 0 Å². The van der Waals surface area contributed by atoms with Crippen LogP contribution in [0.2, 0.25) is 0 Å². The summed E-state index contributed by atoms with van der Waals surface area (Å²) in [5.74, 6) is -0.899. The van der Waals surface area contributed by atoms with Crippen LogP contribution in [0.1, 0.15) is 15.9 Å². The molecule has 0 spiro atoms. The number of hydrogen-bond donors (Lipinski definition) is 2. The molecule has 0 saturated heterocycles. The van der Waals surface area contributed by atoms with E-state index in [9.17, 15) is 9.59 Å². The molecule has 1 aromatic rings. The van der Waals surface area contributed by atoms with Crippen LogP contribution in [0.15, 0.2) is 18.2 Å². The van der Waals surface area contributed by atoms with Crippen LogP contribution in [0.3, 0.4) is 0 Å². The molecule has 0 unspecified atom stereocenters. The average Bonchev–Trinajstić information content (AvgIpc) is 2.35. The monoisotopic (exact) mass is 233 g/mol. The summed E-state index contributed by atoms with van der Waals surface area (Å²) in [5, 5.41) is 11.1.